The minimum absolute atomic E-state index is 0.0507. The van der Waals surface area contributed by atoms with E-state index in [0.29, 0.717) is 18.1 Å². The van der Waals surface area contributed by atoms with E-state index < -0.39 is 5.60 Å². The second kappa shape index (κ2) is 6.23. The molecule has 2 heterocycles. The molecule has 4 N–H and O–H groups in total. The Labute approximate surface area is 129 Å². The average molecular weight is 306 g/mol. The van der Waals surface area contributed by atoms with Crippen LogP contribution in [-0.2, 0) is 12.1 Å². The predicted octanol–water partition coefficient (Wildman–Crippen LogP) is 1.63. The molecule has 0 aromatic carbocycles. The summed E-state index contributed by atoms with van der Waals surface area (Å²) >= 11 is 0. The van der Waals surface area contributed by atoms with Crippen LogP contribution in [0.15, 0.2) is 16.5 Å². The van der Waals surface area contributed by atoms with E-state index in [-0.39, 0.29) is 12.6 Å². The Morgan fingerprint density at radius 3 is 2.64 bits per heavy atom. The van der Waals surface area contributed by atoms with E-state index in [4.69, 9.17) is 4.42 Å². The van der Waals surface area contributed by atoms with E-state index in [9.17, 15) is 9.90 Å². The molecule has 0 saturated heterocycles. The van der Waals surface area contributed by atoms with Crippen LogP contribution in [0.5, 0.6) is 0 Å². The van der Waals surface area contributed by atoms with Crippen LogP contribution in [0.25, 0.3) is 0 Å². The third-order valence-corrected chi connectivity index (χ3v) is 3.57. The van der Waals surface area contributed by atoms with Gasteiger partial charge < -0.3 is 20.2 Å². The topological polar surface area (TPSA) is 103 Å². The lowest BCUT2D eigenvalue weighted by Gasteiger charge is -2.21. The molecule has 0 saturated carbocycles. The number of aliphatic hydroxyl groups is 1. The second-order valence-corrected chi connectivity index (χ2v) is 5.63. The van der Waals surface area contributed by atoms with Crippen LogP contribution >= 0.6 is 0 Å². The minimum Gasteiger partial charge on any atom is -0.463 e. The first-order chi connectivity index (χ1) is 10.3. The van der Waals surface area contributed by atoms with Crippen LogP contribution < -0.4 is 10.6 Å². The number of aromatic nitrogens is 2. The molecule has 7 nitrogen and oxygen atoms in total. The highest BCUT2D eigenvalue weighted by Gasteiger charge is 2.27. The Morgan fingerprint density at radius 2 is 2.09 bits per heavy atom. The smallest absolute Gasteiger partial charge is 0.315 e. The number of hydrogen-bond donors (Lipinski definition) is 4. The van der Waals surface area contributed by atoms with E-state index in [1.54, 1.807) is 26.0 Å². The maximum Gasteiger partial charge on any atom is 0.315 e. The van der Waals surface area contributed by atoms with E-state index >= 15 is 0 Å². The number of amides is 2. The molecule has 0 aliphatic carbocycles. The Hall–Kier alpha value is -2.28. The highest BCUT2D eigenvalue weighted by Crippen LogP contribution is 2.21. The van der Waals surface area contributed by atoms with Gasteiger partial charge in [-0.3, -0.25) is 5.10 Å². The largest absolute Gasteiger partial charge is 0.463 e. The van der Waals surface area contributed by atoms with Gasteiger partial charge in [0.25, 0.3) is 0 Å². The number of H-pyrrole nitrogens is 1. The van der Waals surface area contributed by atoms with Crippen molar-refractivity contribution in [1.29, 1.82) is 0 Å². The van der Waals surface area contributed by atoms with Gasteiger partial charge in [0.05, 0.1) is 12.2 Å². The summed E-state index contributed by atoms with van der Waals surface area (Å²) in [6, 6.07) is 3.12. The maximum atomic E-state index is 11.8. The van der Waals surface area contributed by atoms with Gasteiger partial charge in [0, 0.05) is 17.8 Å². The summed E-state index contributed by atoms with van der Waals surface area (Å²) in [6.07, 6.45) is 0. The summed E-state index contributed by atoms with van der Waals surface area (Å²) in [5.74, 6) is 1.14. The monoisotopic (exact) mass is 306 g/mol. The molecule has 2 rings (SSSR count). The van der Waals surface area contributed by atoms with Crippen LogP contribution in [-0.4, -0.2) is 27.9 Å². The van der Waals surface area contributed by atoms with Crippen molar-refractivity contribution in [3.63, 3.8) is 0 Å². The average Bonchev–Trinajstić information content (AvgIpc) is 3.02. The molecule has 0 spiro atoms. The molecule has 0 radical (unpaired) electrons. The summed E-state index contributed by atoms with van der Waals surface area (Å²) in [7, 11) is 0. The van der Waals surface area contributed by atoms with Crippen molar-refractivity contribution in [3.05, 3.63) is 40.6 Å². The summed E-state index contributed by atoms with van der Waals surface area (Å²) in [4.78, 5) is 11.8. The van der Waals surface area contributed by atoms with Gasteiger partial charge in [0.2, 0.25) is 0 Å². The van der Waals surface area contributed by atoms with Gasteiger partial charge in [-0.2, -0.15) is 5.10 Å². The molecule has 0 fully saturated rings. The number of aryl methyl sites for hydroxylation is 3. The molecule has 0 aliphatic rings. The fourth-order valence-corrected chi connectivity index (χ4v) is 2.13. The lowest BCUT2D eigenvalue weighted by atomic mass is 10.0. The van der Waals surface area contributed by atoms with E-state index in [2.05, 4.69) is 20.8 Å². The van der Waals surface area contributed by atoms with Gasteiger partial charge >= 0.3 is 6.03 Å². The Balaban J connectivity index is 1.85. The van der Waals surface area contributed by atoms with Gasteiger partial charge in [0.15, 0.2) is 0 Å². The lowest BCUT2D eigenvalue weighted by Crippen LogP contribution is -2.43. The van der Waals surface area contributed by atoms with Crippen molar-refractivity contribution < 1.29 is 14.3 Å². The van der Waals surface area contributed by atoms with E-state index in [1.165, 1.54) is 0 Å². The number of carbonyl (C=O) groups is 1. The second-order valence-electron chi connectivity index (χ2n) is 5.63. The maximum absolute atomic E-state index is 11.8. The molecule has 1 unspecified atom stereocenters. The Bertz CT molecular complexity index is 638. The fraction of sp³-hybridized carbons (Fsp3) is 0.467. The van der Waals surface area contributed by atoms with Crippen molar-refractivity contribution in [2.45, 2.75) is 39.8 Å². The Morgan fingerprint density at radius 1 is 1.36 bits per heavy atom. The lowest BCUT2D eigenvalue weighted by molar-refractivity contribution is 0.0359. The third kappa shape index (κ3) is 3.67. The number of hydrogen-bond acceptors (Lipinski definition) is 4. The number of nitrogens with one attached hydrogen (secondary N) is 3. The number of furan rings is 1. The van der Waals surface area contributed by atoms with Crippen molar-refractivity contribution in [1.82, 2.24) is 20.8 Å². The molecule has 2 aromatic heterocycles. The van der Waals surface area contributed by atoms with Gasteiger partial charge in [-0.25, -0.2) is 4.79 Å². The number of aromatic amines is 1. The van der Waals surface area contributed by atoms with Gasteiger partial charge in [-0.05, 0) is 39.8 Å². The first-order valence-electron chi connectivity index (χ1n) is 7.11. The summed E-state index contributed by atoms with van der Waals surface area (Å²) in [5.41, 5.74) is 1.49. The fourth-order valence-electron chi connectivity index (χ4n) is 2.13. The van der Waals surface area contributed by atoms with Crippen molar-refractivity contribution >= 4 is 6.03 Å². The van der Waals surface area contributed by atoms with Crippen LogP contribution in [0.1, 0.15) is 35.4 Å². The molecule has 2 amide bonds. The Kier molecular flexibility index (Phi) is 4.56. The first kappa shape index (κ1) is 16.1. The molecular formula is C15H22N4O3. The number of nitrogens with zero attached hydrogens (tertiary/aromatic N) is 1. The number of carbonyl (C=O) groups excluding carboxylic acids is 1. The standard InChI is InChI=1S/C15H22N4O3/c1-9-5-6-13(22-9)15(4,21)8-17-14(20)16-7-12-10(2)18-19-11(12)3/h5-6,21H,7-8H2,1-4H3,(H,18,19)(H2,16,17,20). The molecule has 0 bridgehead atoms. The van der Waals surface area contributed by atoms with Gasteiger partial charge in [-0.1, -0.05) is 0 Å². The van der Waals surface area contributed by atoms with Crippen molar-refractivity contribution in [3.8, 4) is 0 Å². The molecule has 1 atom stereocenters. The van der Waals surface area contributed by atoms with E-state index in [0.717, 1.165) is 17.0 Å². The molecule has 22 heavy (non-hydrogen) atoms. The highest BCUT2D eigenvalue weighted by atomic mass is 16.4. The molecule has 2 aromatic rings. The number of rotatable bonds is 5. The molecule has 7 heteroatoms. The summed E-state index contributed by atoms with van der Waals surface area (Å²) in [5, 5.41) is 22.7. The van der Waals surface area contributed by atoms with Crippen LogP contribution in [0.2, 0.25) is 0 Å². The third-order valence-electron chi connectivity index (χ3n) is 3.57. The number of urea groups is 1. The molecule has 120 valence electrons. The summed E-state index contributed by atoms with van der Waals surface area (Å²) < 4.78 is 5.40. The zero-order valence-electron chi connectivity index (χ0n) is 13.3. The van der Waals surface area contributed by atoms with Crippen LogP contribution in [0.3, 0.4) is 0 Å². The molecule has 0 aliphatic heterocycles. The SMILES string of the molecule is Cc1ccc(C(C)(O)CNC(=O)NCc2c(C)n[nH]c2C)o1. The quantitative estimate of drug-likeness (QED) is 0.674. The van der Waals surface area contributed by atoms with Gasteiger partial charge in [-0.15, -0.1) is 0 Å². The summed E-state index contributed by atoms with van der Waals surface area (Å²) in [6.45, 7) is 7.60. The van der Waals surface area contributed by atoms with Crippen LogP contribution in [0.4, 0.5) is 4.79 Å². The predicted molar refractivity (Wildman–Crippen MR) is 81.3 cm³/mol. The first-order valence-corrected chi connectivity index (χ1v) is 7.11. The minimum atomic E-state index is -1.26. The van der Waals surface area contributed by atoms with E-state index in [1.807, 2.05) is 13.8 Å². The van der Waals surface area contributed by atoms with Crippen molar-refractivity contribution in [2.75, 3.05) is 6.54 Å². The van der Waals surface area contributed by atoms with Gasteiger partial charge in [0.1, 0.15) is 17.1 Å². The normalized spacial score (nSPS) is 13.7. The van der Waals surface area contributed by atoms with Crippen LogP contribution in [0, 0.1) is 20.8 Å². The van der Waals surface area contributed by atoms with Crippen molar-refractivity contribution in [2.24, 2.45) is 0 Å². The zero-order valence-corrected chi connectivity index (χ0v) is 13.3. The molecular weight excluding hydrogens is 284 g/mol. The highest BCUT2D eigenvalue weighted by molar-refractivity contribution is 5.74. The zero-order chi connectivity index (χ0) is 16.3.